The third kappa shape index (κ3) is 6.44. The van der Waals surface area contributed by atoms with E-state index in [1.54, 1.807) is 12.1 Å². The fourth-order valence-electron chi connectivity index (χ4n) is 1.01. The van der Waals surface area contributed by atoms with Crippen molar-refractivity contribution >= 4 is 23.9 Å². The van der Waals surface area contributed by atoms with Crippen molar-refractivity contribution in [3.8, 4) is 0 Å². The summed E-state index contributed by atoms with van der Waals surface area (Å²) in [5, 5.41) is 5.23. The third-order valence-electron chi connectivity index (χ3n) is 1.71. The van der Waals surface area contributed by atoms with Gasteiger partial charge in [-0.2, -0.15) is 0 Å². The maximum atomic E-state index is 10.7. The van der Waals surface area contributed by atoms with E-state index in [4.69, 9.17) is 11.5 Å². The van der Waals surface area contributed by atoms with E-state index < -0.39 is 23.9 Å². The second-order valence-electron chi connectivity index (χ2n) is 3.15. The van der Waals surface area contributed by atoms with Crippen molar-refractivity contribution in [2.45, 2.75) is 0 Å². The lowest BCUT2D eigenvalue weighted by Gasteiger charge is -2.00. The molecule has 0 atom stereocenters. The van der Waals surface area contributed by atoms with Gasteiger partial charge in [-0.05, 0) is 12.1 Å². The highest BCUT2D eigenvalue weighted by atomic mass is 16.2. The summed E-state index contributed by atoms with van der Waals surface area (Å²) in [4.78, 5) is 40.8. The van der Waals surface area contributed by atoms with Crippen LogP contribution in [0, 0.1) is 0 Å². The molecule has 20 heavy (non-hydrogen) atoms. The Morgan fingerprint density at radius 3 is 1.20 bits per heavy atom. The van der Waals surface area contributed by atoms with E-state index in [0.29, 0.717) is 0 Å². The first kappa shape index (κ1) is 16.7. The highest BCUT2D eigenvalue weighted by Gasteiger charge is 2.10. The van der Waals surface area contributed by atoms with Crippen LogP contribution in [0.3, 0.4) is 0 Å². The van der Waals surface area contributed by atoms with Gasteiger partial charge in [0, 0.05) is 0 Å². The largest absolute Gasteiger partial charge is 0.366 e. The molecule has 0 bridgehead atoms. The molecular weight excluding hydrogens is 268 g/mol. The fourth-order valence-corrected chi connectivity index (χ4v) is 1.01. The van der Waals surface area contributed by atoms with Gasteiger partial charge in [-0.1, -0.05) is 22.4 Å². The quantitative estimate of drug-likeness (QED) is 0.528. The Morgan fingerprint density at radius 1 is 0.700 bits per heavy atom. The molecule has 0 aliphatic heterocycles. The van der Waals surface area contributed by atoms with Gasteiger partial charge in [-0.3, -0.25) is 9.59 Å². The molecule has 0 spiro atoms. The van der Waals surface area contributed by atoms with Crippen LogP contribution in [0.2, 0.25) is 0 Å². The summed E-state index contributed by atoms with van der Waals surface area (Å²) < 4.78 is 0. The predicted octanol–water partition coefficient (Wildman–Crippen LogP) is -0.520. The van der Waals surface area contributed by atoms with Gasteiger partial charge >= 0.3 is 12.1 Å². The summed E-state index contributed by atoms with van der Waals surface area (Å²) in [6.07, 6.45) is 0. The summed E-state index contributed by atoms with van der Waals surface area (Å²) in [5.41, 5.74) is 19.2. The van der Waals surface area contributed by atoms with Crippen molar-refractivity contribution in [2.75, 3.05) is 0 Å². The fraction of sp³-hybridized carbons (Fsp3) is 0. The molecule has 106 valence electrons. The molecule has 0 heterocycles. The minimum atomic E-state index is -1.04. The van der Waals surface area contributed by atoms with Gasteiger partial charge in [0.2, 0.25) is 11.8 Å². The molecular formula is C10H12N6O4. The molecule has 0 aromatic heterocycles. The topological polar surface area (TPSA) is 197 Å². The summed E-state index contributed by atoms with van der Waals surface area (Å²) in [6.45, 7) is 0. The maximum Gasteiger partial charge on any atom is 0.357 e. The zero-order valence-electron chi connectivity index (χ0n) is 10.1. The number of amides is 6. The van der Waals surface area contributed by atoms with Crippen LogP contribution in [0.5, 0.6) is 0 Å². The highest BCUT2D eigenvalue weighted by Crippen LogP contribution is 2.06. The van der Waals surface area contributed by atoms with Crippen molar-refractivity contribution in [3.63, 3.8) is 0 Å². The molecule has 0 radical (unpaired) electrons. The number of rotatable bonds is 2. The van der Waals surface area contributed by atoms with E-state index in [1.807, 2.05) is 0 Å². The van der Waals surface area contributed by atoms with Gasteiger partial charge in [0.05, 0.1) is 11.1 Å². The van der Waals surface area contributed by atoms with Gasteiger partial charge in [0.1, 0.15) is 0 Å². The zero-order valence-corrected chi connectivity index (χ0v) is 10.1. The molecule has 0 saturated heterocycles. The zero-order chi connectivity index (χ0) is 15.7. The first-order valence-corrected chi connectivity index (χ1v) is 4.95. The average molecular weight is 280 g/mol. The van der Waals surface area contributed by atoms with Crippen LogP contribution < -0.4 is 22.9 Å². The number of carbonyl (C=O) groups excluding carboxylic acids is 4. The Hall–Kier alpha value is -3.30. The highest BCUT2D eigenvalue weighted by molar-refractivity contribution is 6.06. The monoisotopic (exact) mass is 280 g/mol. The summed E-state index contributed by atoms with van der Waals surface area (Å²) in [5.74, 6) is -1.30. The molecule has 0 aliphatic carbocycles. The van der Waals surface area contributed by atoms with E-state index in [9.17, 15) is 19.2 Å². The van der Waals surface area contributed by atoms with Gasteiger partial charge in [0.25, 0.3) is 0 Å². The lowest BCUT2D eigenvalue weighted by molar-refractivity contribution is 0.0967. The molecule has 6 amide bonds. The average Bonchev–Trinajstić information content (AvgIpc) is 2.37. The number of primary amides is 4. The lowest BCUT2D eigenvalue weighted by Crippen LogP contribution is -2.20. The molecule has 0 unspecified atom stereocenters. The van der Waals surface area contributed by atoms with Gasteiger partial charge < -0.3 is 22.9 Å². The molecule has 0 aliphatic rings. The van der Waals surface area contributed by atoms with Crippen LogP contribution in [-0.2, 0) is 0 Å². The number of hydrogen-bond acceptors (Lipinski definition) is 4. The van der Waals surface area contributed by atoms with E-state index in [2.05, 4.69) is 21.7 Å². The van der Waals surface area contributed by atoms with Gasteiger partial charge in [-0.15, -0.1) is 0 Å². The molecule has 10 heteroatoms. The summed E-state index contributed by atoms with van der Waals surface area (Å²) in [7, 11) is 0. The Labute approximate surface area is 112 Å². The standard InChI is InChI=1S/C8H8N2O2.C2H4N4O2/c9-7(11)5-3-1-2-4-6(5)8(10)12;3-1(7)5-6-2(4)8/h1-4H,(H2,9,11)(H2,10,12);(H2,3,7)(H2,4,8). The maximum absolute atomic E-state index is 10.7. The number of benzene rings is 1. The van der Waals surface area contributed by atoms with Crippen LogP contribution in [0.1, 0.15) is 20.7 Å². The first-order chi connectivity index (χ1) is 9.25. The van der Waals surface area contributed by atoms with Crippen LogP contribution in [0.15, 0.2) is 34.5 Å². The molecule has 1 rings (SSSR count). The van der Waals surface area contributed by atoms with E-state index in [-0.39, 0.29) is 11.1 Å². The number of hydrogen-bond donors (Lipinski definition) is 4. The van der Waals surface area contributed by atoms with E-state index in [1.165, 1.54) is 12.1 Å². The van der Waals surface area contributed by atoms with Gasteiger partial charge in [-0.25, -0.2) is 9.59 Å². The molecule has 1 aromatic rings. The van der Waals surface area contributed by atoms with Crippen LogP contribution in [-0.4, -0.2) is 23.9 Å². The second kappa shape index (κ2) is 7.92. The first-order valence-electron chi connectivity index (χ1n) is 4.95. The molecule has 10 nitrogen and oxygen atoms in total. The normalized spacial score (nSPS) is 9.40. The van der Waals surface area contributed by atoms with E-state index >= 15 is 0 Å². The van der Waals surface area contributed by atoms with Crippen molar-refractivity contribution in [3.05, 3.63) is 35.4 Å². The Balaban J connectivity index is 0.000000396. The van der Waals surface area contributed by atoms with Crippen LogP contribution >= 0.6 is 0 Å². The SMILES string of the molecule is NC(=O)N=NC(N)=O.NC(=O)c1ccccc1C(N)=O. The second-order valence-corrected chi connectivity index (χ2v) is 3.15. The van der Waals surface area contributed by atoms with Crippen LogP contribution in [0.4, 0.5) is 9.59 Å². The third-order valence-corrected chi connectivity index (χ3v) is 1.71. The smallest absolute Gasteiger partial charge is 0.357 e. The van der Waals surface area contributed by atoms with Gasteiger partial charge in [0.15, 0.2) is 0 Å². The molecule has 1 aromatic carbocycles. The molecule has 8 N–H and O–H groups in total. The number of azo groups is 1. The summed E-state index contributed by atoms with van der Waals surface area (Å²) in [6, 6.07) is 4.08. The minimum absolute atomic E-state index is 0.157. The number of nitrogens with zero attached hydrogens (tertiary/aromatic N) is 2. The van der Waals surface area contributed by atoms with Crippen molar-refractivity contribution in [1.29, 1.82) is 0 Å². The summed E-state index contributed by atoms with van der Waals surface area (Å²) >= 11 is 0. The van der Waals surface area contributed by atoms with Crippen molar-refractivity contribution in [1.82, 2.24) is 0 Å². The Kier molecular flexibility index (Phi) is 6.61. The predicted molar refractivity (Wildman–Crippen MR) is 67.5 cm³/mol. The van der Waals surface area contributed by atoms with Crippen LogP contribution in [0.25, 0.3) is 0 Å². The minimum Gasteiger partial charge on any atom is -0.366 e. The number of urea groups is 2. The van der Waals surface area contributed by atoms with Crippen molar-refractivity contribution in [2.24, 2.45) is 33.2 Å². The van der Waals surface area contributed by atoms with E-state index in [0.717, 1.165) is 0 Å². The molecule has 0 saturated carbocycles. The Morgan fingerprint density at radius 2 is 1.00 bits per heavy atom. The number of carbonyl (C=O) groups is 4. The Bertz CT molecular complexity index is 520. The molecule has 0 fully saturated rings. The number of nitrogens with two attached hydrogens (primary N) is 4. The van der Waals surface area contributed by atoms with Crippen molar-refractivity contribution < 1.29 is 19.2 Å². The lowest BCUT2D eigenvalue weighted by atomic mass is 10.1.